The molecule has 2 aromatic rings. The van der Waals surface area contributed by atoms with Crippen molar-refractivity contribution in [1.82, 2.24) is 24.9 Å². The summed E-state index contributed by atoms with van der Waals surface area (Å²) in [4.78, 5) is 12.2. The van der Waals surface area contributed by atoms with Gasteiger partial charge in [-0.2, -0.15) is 10.2 Å². The fourth-order valence-corrected chi connectivity index (χ4v) is 2.59. The lowest BCUT2D eigenvalue weighted by Crippen LogP contribution is -2.30. The molecule has 6 heteroatoms. The van der Waals surface area contributed by atoms with E-state index in [0.717, 1.165) is 23.5 Å². The summed E-state index contributed by atoms with van der Waals surface area (Å²) >= 11 is 0. The monoisotopic (exact) mass is 303 g/mol. The Morgan fingerprint density at radius 3 is 2.59 bits per heavy atom. The van der Waals surface area contributed by atoms with Crippen molar-refractivity contribution in [2.75, 3.05) is 0 Å². The number of carbonyl (C=O) groups excluding carboxylic acids is 1. The average Bonchev–Trinajstić information content (AvgIpc) is 3.02. The highest BCUT2D eigenvalue weighted by atomic mass is 16.1. The summed E-state index contributed by atoms with van der Waals surface area (Å²) in [5, 5.41) is 11.7. The molecule has 0 fully saturated rings. The van der Waals surface area contributed by atoms with E-state index in [1.165, 1.54) is 5.56 Å². The third kappa shape index (κ3) is 3.37. The Kier molecular flexibility index (Phi) is 5.00. The summed E-state index contributed by atoms with van der Waals surface area (Å²) in [6, 6.07) is 1.95. The second kappa shape index (κ2) is 6.77. The fraction of sp³-hybridized carbons (Fsp3) is 0.562. The minimum absolute atomic E-state index is 0.00203. The van der Waals surface area contributed by atoms with Crippen molar-refractivity contribution in [2.45, 2.75) is 53.1 Å². The number of amides is 1. The molecule has 1 amide bonds. The Morgan fingerprint density at radius 2 is 2.09 bits per heavy atom. The fourth-order valence-electron chi connectivity index (χ4n) is 2.59. The number of nitrogens with one attached hydrogen (secondary N) is 1. The van der Waals surface area contributed by atoms with Crippen LogP contribution in [-0.2, 0) is 18.4 Å². The van der Waals surface area contributed by atoms with Gasteiger partial charge in [0.05, 0.1) is 17.4 Å². The van der Waals surface area contributed by atoms with Crippen LogP contribution in [0.1, 0.15) is 48.5 Å². The predicted molar refractivity (Wildman–Crippen MR) is 85.4 cm³/mol. The summed E-state index contributed by atoms with van der Waals surface area (Å²) in [6.45, 7) is 8.76. The van der Waals surface area contributed by atoms with Crippen LogP contribution in [0.5, 0.6) is 0 Å². The molecule has 0 saturated heterocycles. The molecule has 2 heterocycles. The first kappa shape index (κ1) is 16.3. The molecular formula is C16H25N5O. The topological polar surface area (TPSA) is 64.7 Å². The normalized spacial score (nSPS) is 12.4. The molecule has 0 aliphatic rings. The minimum atomic E-state index is 0.00203. The van der Waals surface area contributed by atoms with Crippen molar-refractivity contribution in [3.05, 3.63) is 34.9 Å². The molecule has 1 N–H and O–H groups in total. The Hall–Kier alpha value is -2.11. The number of carbonyl (C=O) groups is 1. The van der Waals surface area contributed by atoms with Crippen LogP contribution in [0.15, 0.2) is 12.3 Å². The summed E-state index contributed by atoms with van der Waals surface area (Å²) in [5.41, 5.74) is 4.38. The van der Waals surface area contributed by atoms with Gasteiger partial charge in [-0.05, 0) is 38.8 Å². The average molecular weight is 303 g/mol. The highest BCUT2D eigenvalue weighted by molar-refractivity contribution is 5.76. The third-order valence-electron chi connectivity index (χ3n) is 4.25. The number of hydrogen-bond acceptors (Lipinski definition) is 3. The number of aromatic nitrogens is 4. The third-order valence-corrected chi connectivity index (χ3v) is 4.25. The quantitative estimate of drug-likeness (QED) is 0.889. The lowest BCUT2D eigenvalue weighted by molar-refractivity contribution is -0.122. The van der Waals surface area contributed by atoms with E-state index in [9.17, 15) is 4.79 Å². The van der Waals surface area contributed by atoms with Crippen molar-refractivity contribution < 1.29 is 4.79 Å². The van der Waals surface area contributed by atoms with Crippen LogP contribution in [0.25, 0.3) is 0 Å². The molecule has 2 rings (SSSR count). The minimum Gasteiger partial charge on any atom is -0.348 e. The molecule has 0 radical (unpaired) electrons. The van der Waals surface area contributed by atoms with Gasteiger partial charge in [-0.3, -0.25) is 14.2 Å². The molecule has 6 nitrogen and oxygen atoms in total. The predicted octanol–water partition coefficient (Wildman–Crippen LogP) is 2.20. The van der Waals surface area contributed by atoms with Crippen molar-refractivity contribution in [3.8, 4) is 0 Å². The van der Waals surface area contributed by atoms with Gasteiger partial charge in [0.25, 0.3) is 0 Å². The molecule has 0 aromatic carbocycles. The van der Waals surface area contributed by atoms with Crippen LogP contribution in [0, 0.1) is 20.8 Å². The Morgan fingerprint density at radius 1 is 1.36 bits per heavy atom. The van der Waals surface area contributed by atoms with Gasteiger partial charge >= 0.3 is 0 Å². The molecule has 0 spiro atoms. The maximum absolute atomic E-state index is 12.2. The first-order valence-corrected chi connectivity index (χ1v) is 7.71. The molecule has 0 bridgehead atoms. The highest BCUT2D eigenvalue weighted by Gasteiger charge is 2.16. The van der Waals surface area contributed by atoms with E-state index in [-0.39, 0.29) is 11.9 Å². The van der Waals surface area contributed by atoms with Crippen LogP contribution in [0.2, 0.25) is 0 Å². The second-order valence-corrected chi connectivity index (χ2v) is 5.68. The van der Waals surface area contributed by atoms with E-state index in [4.69, 9.17) is 0 Å². The Labute approximate surface area is 131 Å². The molecule has 1 atom stereocenters. The zero-order valence-corrected chi connectivity index (χ0v) is 14.1. The smallest absolute Gasteiger partial charge is 0.222 e. The van der Waals surface area contributed by atoms with Crippen LogP contribution < -0.4 is 5.32 Å². The maximum Gasteiger partial charge on any atom is 0.222 e. The maximum atomic E-state index is 12.2. The zero-order chi connectivity index (χ0) is 16.3. The van der Waals surface area contributed by atoms with Gasteiger partial charge in [0.15, 0.2) is 0 Å². The summed E-state index contributed by atoms with van der Waals surface area (Å²) in [6.07, 6.45) is 3.02. The van der Waals surface area contributed by atoms with Crippen LogP contribution >= 0.6 is 0 Å². The van der Waals surface area contributed by atoms with Crippen molar-refractivity contribution in [2.24, 2.45) is 7.05 Å². The largest absolute Gasteiger partial charge is 0.348 e. The molecule has 2 aromatic heterocycles. The molecule has 0 unspecified atom stereocenters. The number of hydrogen-bond donors (Lipinski definition) is 1. The molecule has 22 heavy (non-hydrogen) atoms. The first-order valence-electron chi connectivity index (χ1n) is 7.71. The highest BCUT2D eigenvalue weighted by Crippen LogP contribution is 2.16. The summed E-state index contributed by atoms with van der Waals surface area (Å²) in [7, 11) is 1.89. The molecule has 0 aliphatic carbocycles. The molecule has 120 valence electrons. The first-order chi connectivity index (χ1) is 10.4. The van der Waals surface area contributed by atoms with Gasteiger partial charge in [-0.25, -0.2) is 0 Å². The van der Waals surface area contributed by atoms with E-state index >= 15 is 0 Å². The SMILES string of the molecule is CC[C@H](NC(=O)CCn1nc(C)c(C)c1C)c1ccnn1C. The van der Waals surface area contributed by atoms with Crippen molar-refractivity contribution >= 4 is 5.91 Å². The molecule has 0 saturated carbocycles. The van der Waals surface area contributed by atoms with Crippen molar-refractivity contribution in [1.29, 1.82) is 0 Å². The number of aryl methyl sites for hydroxylation is 3. The van der Waals surface area contributed by atoms with E-state index in [0.29, 0.717) is 13.0 Å². The lowest BCUT2D eigenvalue weighted by atomic mass is 10.1. The van der Waals surface area contributed by atoms with Gasteiger partial charge in [0.2, 0.25) is 5.91 Å². The van der Waals surface area contributed by atoms with Crippen LogP contribution in [0.4, 0.5) is 0 Å². The Balaban J connectivity index is 1.95. The van der Waals surface area contributed by atoms with E-state index in [1.54, 1.807) is 10.9 Å². The van der Waals surface area contributed by atoms with Gasteiger partial charge in [-0.1, -0.05) is 6.92 Å². The standard InChI is InChI=1S/C16H25N5O/c1-6-14(15-7-9-17-20(15)5)18-16(22)8-10-21-13(4)11(2)12(3)19-21/h7,9,14H,6,8,10H2,1-5H3,(H,18,22)/t14-/m0/s1. The van der Waals surface area contributed by atoms with Crippen LogP contribution in [-0.4, -0.2) is 25.5 Å². The molecular weight excluding hydrogens is 278 g/mol. The van der Waals surface area contributed by atoms with Crippen molar-refractivity contribution in [3.63, 3.8) is 0 Å². The van der Waals surface area contributed by atoms with Gasteiger partial charge in [-0.15, -0.1) is 0 Å². The van der Waals surface area contributed by atoms with Gasteiger partial charge in [0.1, 0.15) is 0 Å². The van der Waals surface area contributed by atoms with E-state index in [2.05, 4.69) is 29.4 Å². The summed E-state index contributed by atoms with van der Waals surface area (Å²) in [5.74, 6) is 0.0401. The molecule has 0 aliphatic heterocycles. The van der Waals surface area contributed by atoms with E-state index in [1.807, 2.05) is 31.6 Å². The second-order valence-electron chi connectivity index (χ2n) is 5.68. The van der Waals surface area contributed by atoms with Gasteiger partial charge < -0.3 is 5.32 Å². The Bertz CT molecular complexity index is 656. The number of nitrogens with zero attached hydrogens (tertiary/aromatic N) is 4. The van der Waals surface area contributed by atoms with E-state index < -0.39 is 0 Å². The van der Waals surface area contributed by atoms with Crippen LogP contribution in [0.3, 0.4) is 0 Å². The zero-order valence-electron chi connectivity index (χ0n) is 14.1. The lowest BCUT2D eigenvalue weighted by Gasteiger charge is -2.17. The summed E-state index contributed by atoms with van der Waals surface area (Å²) < 4.78 is 3.72. The number of rotatable bonds is 6. The van der Waals surface area contributed by atoms with Gasteiger partial charge in [0, 0.05) is 31.9 Å².